The largest absolute Gasteiger partial charge is 0.251 e. The molecule has 0 bridgehead atoms. The van der Waals surface area contributed by atoms with Gasteiger partial charge in [0.25, 0.3) is 0 Å². The number of nitrogens with zero attached hydrogens (tertiary/aromatic N) is 3. The first-order valence-electron chi connectivity index (χ1n) is 5.81. The quantitative estimate of drug-likeness (QED) is 0.783. The van der Waals surface area contributed by atoms with Gasteiger partial charge in [0.15, 0.2) is 5.65 Å². The monoisotopic (exact) mass is 249 g/mol. The Morgan fingerprint density at radius 2 is 1.76 bits per heavy atom. The number of rotatable bonds is 3. The zero-order valence-electron chi connectivity index (χ0n) is 10.3. The van der Waals surface area contributed by atoms with Crippen LogP contribution in [0, 0.1) is 5.92 Å². The molecule has 0 N–H and O–H groups in total. The minimum absolute atomic E-state index is 0.0524. The molecule has 0 saturated carbocycles. The number of alkyl halides is 1. The van der Waals surface area contributed by atoms with Crippen LogP contribution in [0.3, 0.4) is 0 Å². The maximum absolute atomic E-state index is 6.25. The first-order valence-corrected chi connectivity index (χ1v) is 6.25. The molecule has 0 fully saturated rings. The molecule has 0 aliphatic heterocycles. The van der Waals surface area contributed by atoms with Crippen molar-refractivity contribution in [3.8, 4) is 0 Å². The minimum Gasteiger partial charge on any atom is -0.251 e. The van der Waals surface area contributed by atoms with Crippen LogP contribution in [0.15, 0.2) is 24.5 Å². The summed E-state index contributed by atoms with van der Waals surface area (Å²) in [4.78, 5) is 13.0. The summed E-state index contributed by atoms with van der Waals surface area (Å²) < 4.78 is 0. The average molecular weight is 250 g/mol. The summed E-state index contributed by atoms with van der Waals surface area (Å²) in [6, 6.07) is 3.96. The smallest absolute Gasteiger partial charge is 0.178 e. The van der Waals surface area contributed by atoms with Gasteiger partial charge in [-0.05, 0) is 25.0 Å². The standard InChI is InChI=1S/C13H16ClN3/c1-8(2)12(9(3)14)10-4-5-11-13(17-10)16-7-6-15-11/h4-9,12H,1-3H3. The van der Waals surface area contributed by atoms with Gasteiger partial charge in [-0.3, -0.25) is 4.98 Å². The molecule has 3 nitrogen and oxygen atoms in total. The van der Waals surface area contributed by atoms with Gasteiger partial charge in [-0.25, -0.2) is 9.97 Å². The highest BCUT2D eigenvalue weighted by Gasteiger charge is 2.22. The lowest BCUT2D eigenvalue weighted by molar-refractivity contribution is 0.481. The van der Waals surface area contributed by atoms with Gasteiger partial charge in [0, 0.05) is 29.4 Å². The van der Waals surface area contributed by atoms with Crippen LogP contribution < -0.4 is 0 Å². The predicted molar refractivity (Wildman–Crippen MR) is 70.2 cm³/mol. The van der Waals surface area contributed by atoms with E-state index in [1.165, 1.54) is 0 Å². The number of aromatic nitrogens is 3. The Labute approximate surface area is 106 Å². The van der Waals surface area contributed by atoms with Crippen molar-refractivity contribution < 1.29 is 0 Å². The highest BCUT2D eigenvalue weighted by Crippen LogP contribution is 2.30. The summed E-state index contributed by atoms with van der Waals surface area (Å²) in [5, 5.41) is 0.0524. The van der Waals surface area contributed by atoms with Crippen molar-refractivity contribution in [1.29, 1.82) is 0 Å². The van der Waals surface area contributed by atoms with Gasteiger partial charge in [0.1, 0.15) is 5.52 Å². The molecule has 4 heteroatoms. The van der Waals surface area contributed by atoms with Crippen molar-refractivity contribution in [1.82, 2.24) is 15.0 Å². The van der Waals surface area contributed by atoms with Crippen LogP contribution in [0.1, 0.15) is 32.4 Å². The highest BCUT2D eigenvalue weighted by atomic mass is 35.5. The molecular weight excluding hydrogens is 234 g/mol. The van der Waals surface area contributed by atoms with Gasteiger partial charge in [0.05, 0.1) is 0 Å². The molecule has 2 aromatic heterocycles. The van der Waals surface area contributed by atoms with Crippen LogP contribution in [-0.4, -0.2) is 20.3 Å². The predicted octanol–water partition coefficient (Wildman–Crippen LogP) is 3.39. The molecule has 0 aliphatic rings. The van der Waals surface area contributed by atoms with Crippen LogP contribution in [-0.2, 0) is 0 Å². The fraction of sp³-hybridized carbons (Fsp3) is 0.462. The van der Waals surface area contributed by atoms with Gasteiger partial charge in [-0.15, -0.1) is 11.6 Å². The van der Waals surface area contributed by atoms with E-state index >= 15 is 0 Å². The van der Waals surface area contributed by atoms with E-state index in [1.54, 1.807) is 12.4 Å². The van der Waals surface area contributed by atoms with Gasteiger partial charge in [-0.1, -0.05) is 13.8 Å². The molecule has 0 spiro atoms. The number of hydrogen-bond acceptors (Lipinski definition) is 3. The molecular formula is C13H16ClN3. The second-order valence-corrected chi connectivity index (χ2v) is 5.27. The van der Waals surface area contributed by atoms with Crippen molar-refractivity contribution >= 4 is 22.8 Å². The zero-order chi connectivity index (χ0) is 12.4. The van der Waals surface area contributed by atoms with Crippen LogP contribution in [0.25, 0.3) is 11.2 Å². The van der Waals surface area contributed by atoms with Gasteiger partial charge < -0.3 is 0 Å². The Bertz CT molecular complexity index is 503. The molecule has 17 heavy (non-hydrogen) atoms. The van der Waals surface area contributed by atoms with E-state index in [4.69, 9.17) is 11.6 Å². The zero-order valence-corrected chi connectivity index (χ0v) is 11.0. The summed E-state index contributed by atoms with van der Waals surface area (Å²) in [5.74, 6) is 0.687. The van der Waals surface area contributed by atoms with Gasteiger partial charge in [0.2, 0.25) is 0 Å². The molecule has 2 aromatic rings. The summed E-state index contributed by atoms with van der Waals surface area (Å²) in [6.07, 6.45) is 3.33. The van der Waals surface area contributed by atoms with E-state index in [9.17, 15) is 0 Å². The van der Waals surface area contributed by atoms with E-state index in [0.29, 0.717) is 11.6 Å². The fourth-order valence-corrected chi connectivity index (χ4v) is 2.58. The second kappa shape index (κ2) is 4.96. The van der Waals surface area contributed by atoms with E-state index < -0.39 is 0 Å². The molecule has 90 valence electrons. The van der Waals surface area contributed by atoms with E-state index in [0.717, 1.165) is 11.2 Å². The van der Waals surface area contributed by atoms with E-state index in [1.807, 2.05) is 19.1 Å². The third-order valence-electron chi connectivity index (χ3n) is 2.91. The maximum Gasteiger partial charge on any atom is 0.178 e. The number of fused-ring (bicyclic) bond motifs is 1. The molecule has 2 heterocycles. The summed E-state index contributed by atoms with van der Waals surface area (Å²) in [7, 11) is 0. The van der Waals surface area contributed by atoms with Crippen LogP contribution in [0.2, 0.25) is 0 Å². The SMILES string of the molecule is CC(C)C(c1ccc2nccnc2n1)C(C)Cl. The molecule has 0 saturated heterocycles. The third kappa shape index (κ3) is 2.55. The lowest BCUT2D eigenvalue weighted by Gasteiger charge is -2.22. The molecule has 0 radical (unpaired) electrons. The van der Waals surface area contributed by atoms with Crippen LogP contribution >= 0.6 is 11.6 Å². The minimum atomic E-state index is 0.0524. The molecule has 0 amide bonds. The number of hydrogen-bond donors (Lipinski definition) is 0. The first kappa shape index (κ1) is 12.2. The summed E-state index contributed by atoms with van der Waals surface area (Å²) >= 11 is 6.25. The Morgan fingerprint density at radius 1 is 1.06 bits per heavy atom. The van der Waals surface area contributed by atoms with Crippen molar-refractivity contribution in [2.45, 2.75) is 32.1 Å². The Balaban J connectivity index is 2.47. The van der Waals surface area contributed by atoms with Crippen molar-refractivity contribution in [2.24, 2.45) is 5.92 Å². The Morgan fingerprint density at radius 3 is 2.41 bits per heavy atom. The van der Waals surface area contributed by atoms with E-state index in [2.05, 4.69) is 28.8 Å². The van der Waals surface area contributed by atoms with Crippen molar-refractivity contribution in [2.75, 3.05) is 0 Å². The molecule has 2 atom stereocenters. The summed E-state index contributed by atoms with van der Waals surface area (Å²) in [5.41, 5.74) is 2.50. The van der Waals surface area contributed by atoms with Crippen LogP contribution in [0.5, 0.6) is 0 Å². The lowest BCUT2D eigenvalue weighted by atomic mass is 9.89. The Kier molecular flexibility index (Phi) is 3.57. The molecule has 2 unspecified atom stereocenters. The van der Waals surface area contributed by atoms with Gasteiger partial charge in [-0.2, -0.15) is 0 Å². The maximum atomic E-state index is 6.25. The normalized spacial score (nSPS) is 15.1. The average Bonchev–Trinajstić information content (AvgIpc) is 2.28. The lowest BCUT2D eigenvalue weighted by Crippen LogP contribution is -2.17. The topological polar surface area (TPSA) is 38.7 Å². The van der Waals surface area contributed by atoms with Crippen LogP contribution in [0.4, 0.5) is 0 Å². The number of halogens is 1. The van der Waals surface area contributed by atoms with Crippen molar-refractivity contribution in [3.63, 3.8) is 0 Å². The fourth-order valence-electron chi connectivity index (χ4n) is 2.16. The van der Waals surface area contributed by atoms with E-state index in [-0.39, 0.29) is 11.3 Å². The molecule has 0 aromatic carbocycles. The van der Waals surface area contributed by atoms with Crippen molar-refractivity contribution in [3.05, 3.63) is 30.2 Å². The molecule has 0 aliphatic carbocycles. The Hall–Kier alpha value is -1.22. The van der Waals surface area contributed by atoms with Gasteiger partial charge >= 0.3 is 0 Å². The summed E-state index contributed by atoms with van der Waals surface area (Å²) in [6.45, 7) is 6.33. The molecule has 2 rings (SSSR count). The highest BCUT2D eigenvalue weighted by molar-refractivity contribution is 6.20. The number of pyridine rings is 1. The second-order valence-electron chi connectivity index (χ2n) is 4.58. The first-order chi connectivity index (χ1) is 8.09. The third-order valence-corrected chi connectivity index (χ3v) is 3.18.